The molecule has 3 N–H and O–H groups in total. The van der Waals surface area contributed by atoms with Gasteiger partial charge in [-0.15, -0.1) is 0 Å². The van der Waals surface area contributed by atoms with Gasteiger partial charge in [0.1, 0.15) is 11.9 Å². The number of amides is 1. The number of benzene rings is 2. The van der Waals surface area contributed by atoms with E-state index in [1.165, 1.54) is 12.1 Å². The van der Waals surface area contributed by atoms with Crippen LogP contribution in [0.4, 0.5) is 10.1 Å². The molecule has 2 aromatic carbocycles. The van der Waals surface area contributed by atoms with Crippen LogP contribution >= 0.6 is 0 Å². The van der Waals surface area contributed by atoms with Gasteiger partial charge >= 0.3 is 0 Å². The van der Waals surface area contributed by atoms with Crippen molar-refractivity contribution in [3.8, 4) is 0 Å². The summed E-state index contributed by atoms with van der Waals surface area (Å²) in [6, 6.07) is 15.9. The third-order valence-electron chi connectivity index (χ3n) is 4.51. The molecule has 1 amide bonds. The lowest BCUT2D eigenvalue weighted by Gasteiger charge is -2.35. The topological polar surface area (TPSA) is 58.4 Å². The minimum atomic E-state index is -0.464. The van der Waals surface area contributed by atoms with E-state index in [4.69, 9.17) is 5.73 Å². The summed E-state index contributed by atoms with van der Waals surface area (Å²) in [6.45, 7) is 1.73. The van der Waals surface area contributed by atoms with Crippen molar-refractivity contribution in [3.05, 3.63) is 66.0 Å². The Bertz CT molecular complexity index is 667. The number of piperidine rings is 1. The summed E-state index contributed by atoms with van der Waals surface area (Å²) in [5.74, 6) is -0.579. The molecule has 1 atom stereocenters. The van der Waals surface area contributed by atoms with Crippen molar-refractivity contribution in [1.82, 2.24) is 5.32 Å². The molecule has 1 saturated heterocycles. The molecule has 1 unspecified atom stereocenters. The number of halogens is 1. The number of anilines is 1. The number of nitrogens with one attached hydrogen (secondary N) is 1. The SMILES string of the molecule is NC(=O)C(NC1CCN(c2ccc(F)cc2)CC1)c1ccccc1. The van der Waals surface area contributed by atoms with Gasteiger partial charge in [-0.25, -0.2) is 4.39 Å². The van der Waals surface area contributed by atoms with Crippen LogP contribution in [0.15, 0.2) is 54.6 Å². The van der Waals surface area contributed by atoms with Gasteiger partial charge in [0.2, 0.25) is 5.91 Å². The third-order valence-corrected chi connectivity index (χ3v) is 4.51. The van der Waals surface area contributed by atoms with Gasteiger partial charge in [0.15, 0.2) is 0 Å². The molecular formula is C19H22FN3O. The first-order valence-corrected chi connectivity index (χ1v) is 8.24. The van der Waals surface area contributed by atoms with Crippen LogP contribution in [0.3, 0.4) is 0 Å². The second-order valence-corrected chi connectivity index (χ2v) is 6.15. The Balaban J connectivity index is 1.60. The quantitative estimate of drug-likeness (QED) is 0.887. The van der Waals surface area contributed by atoms with E-state index in [2.05, 4.69) is 10.2 Å². The minimum Gasteiger partial charge on any atom is -0.371 e. The van der Waals surface area contributed by atoms with Crippen molar-refractivity contribution in [1.29, 1.82) is 0 Å². The highest BCUT2D eigenvalue weighted by Crippen LogP contribution is 2.22. The molecule has 3 rings (SSSR count). The van der Waals surface area contributed by atoms with Crippen molar-refractivity contribution in [2.45, 2.75) is 24.9 Å². The van der Waals surface area contributed by atoms with Crippen LogP contribution in [0.5, 0.6) is 0 Å². The highest BCUT2D eigenvalue weighted by molar-refractivity contribution is 5.81. The van der Waals surface area contributed by atoms with E-state index in [-0.39, 0.29) is 17.8 Å². The first kappa shape index (κ1) is 16.5. The number of hydrogen-bond acceptors (Lipinski definition) is 3. The summed E-state index contributed by atoms with van der Waals surface area (Å²) < 4.78 is 13.0. The van der Waals surface area contributed by atoms with Gasteiger partial charge in [-0.3, -0.25) is 10.1 Å². The number of primary amides is 1. The lowest BCUT2D eigenvalue weighted by Crippen LogP contribution is -2.46. The van der Waals surface area contributed by atoms with Crippen molar-refractivity contribution in [2.75, 3.05) is 18.0 Å². The molecule has 0 aliphatic carbocycles. The Morgan fingerprint density at radius 1 is 1.08 bits per heavy atom. The van der Waals surface area contributed by atoms with Crippen LogP contribution in [0.2, 0.25) is 0 Å². The summed E-state index contributed by atoms with van der Waals surface area (Å²) in [5, 5.41) is 3.39. The van der Waals surface area contributed by atoms with Crippen LogP contribution in [0, 0.1) is 5.82 Å². The van der Waals surface area contributed by atoms with Gasteiger partial charge in [0, 0.05) is 24.8 Å². The van der Waals surface area contributed by atoms with Crippen molar-refractivity contribution in [3.63, 3.8) is 0 Å². The Kier molecular flexibility index (Phi) is 5.11. The molecule has 126 valence electrons. The van der Waals surface area contributed by atoms with Gasteiger partial charge in [-0.05, 0) is 42.7 Å². The fourth-order valence-electron chi connectivity index (χ4n) is 3.18. The smallest absolute Gasteiger partial charge is 0.239 e. The number of nitrogens with zero attached hydrogens (tertiary/aromatic N) is 1. The maximum atomic E-state index is 13.0. The van der Waals surface area contributed by atoms with Crippen LogP contribution in [0.25, 0.3) is 0 Å². The van der Waals surface area contributed by atoms with Crippen LogP contribution in [-0.2, 0) is 4.79 Å². The van der Waals surface area contributed by atoms with Gasteiger partial charge < -0.3 is 10.6 Å². The zero-order valence-corrected chi connectivity index (χ0v) is 13.5. The Morgan fingerprint density at radius 3 is 2.29 bits per heavy atom. The maximum absolute atomic E-state index is 13.0. The number of carbonyl (C=O) groups is 1. The zero-order chi connectivity index (χ0) is 16.9. The molecule has 1 fully saturated rings. The molecule has 1 aliphatic rings. The van der Waals surface area contributed by atoms with E-state index in [9.17, 15) is 9.18 Å². The van der Waals surface area contributed by atoms with Gasteiger partial charge in [-0.1, -0.05) is 30.3 Å². The fraction of sp³-hybridized carbons (Fsp3) is 0.316. The first-order valence-electron chi connectivity index (χ1n) is 8.24. The largest absolute Gasteiger partial charge is 0.371 e. The predicted molar refractivity (Wildman–Crippen MR) is 93.1 cm³/mol. The number of hydrogen-bond donors (Lipinski definition) is 2. The van der Waals surface area contributed by atoms with E-state index in [1.807, 2.05) is 30.3 Å². The number of carbonyl (C=O) groups excluding carboxylic acids is 1. The highest BCUT2D eigenvalue weighted by Gasteiger charge is 2.25. The van der Waals surface area contributed by atoms with Crippen molar-refractivity contribution < 1.29 is 9.18 Å². The molecular weight excluding hydrogens is 305 g/mol. The molecule has 1 heterocycles. The minimum absolute atomic E-state index is 0.220. The molecule has 1 aliphatic heterocycles. The molecule has 0 aromatic heterocycles. The van der Waals surface area contributed by atoms with E-state index in [0.29, 0.717) is 0 Å². The number of rotatable bonds is 5. The molecule has 0 spiro atoms. The van der Waals surface area contributed by atoms with Gasteiger partial charge in [0.25, 0.3) is 0 Å². The van der Waals surface area contributed by atoms with Crippen LogP contribution in [0.1, 0.15) is 24.4 Å². The molecule has 4 nitrogen and oxygen atoms in total. The molecule has 0 saturated carbocycles. The average Bonchev–Trinajstić information content (AvgIpc) is 2.61. The molecule has 5 heteroatoms. The summed E-state index contributed by atoms with van der Waals surface area (Å²) in [5.41, 5.74) is 7.50. The standard InChI is InChI=1S/C19H22FN3O/c20-15-6-8-17(9-7-15)23-12-10-16(11-13-23)22-18(19(21)24)14-4-2-1-3-5-14/h1-9,16,18,22H,10-13H2,(H2,21,24). The fourth-order valence-corrected chi connectivity index (χ4v) is 3.18. The second-order valence-electron chi connectivity index (χ2n) is 6.15. The van der Waals surface area contributed by atoms with Gasteiger partial charge in [-0.2, -0.15) is 0 Å². The lowest BCUT2D eigenvalue weighted by atomic mass is 10.00. The Labute approximate surface area is 141 Å². The summed E-state index contributed by atoms with van der Waals surface area (Å²) >= 11 is 0. The highest BCUT2D eigenvalue weighted by atomic mass is 19.1. The predicted octanol–water partition coefficient (Wildman–Crippen LogP) is 2.61. The van der Waals surface area contributed by atoms with E-state index in [1.54, 1.807) is 12.1 Å². The van der Waals surface area contributed by atoms with E-state index in [0.717, 1.165) is 37.2 Å². The average molecular weight is 327 g/mol. The summed E-state index contributed by atoms with van der Waals surface area (Å²) in [7, 11) is 0. The number of nitrogens with two attached hydrogens (primary N) is 1. The molecule has 2 aromatic rings. The lowest BCUT2D eigenvalue weighted by molar-refractivity contribution is -0.120. The van der Waals surface area contributed by atoms with Crippen molar-refractivity contribution >= 4 is 11.6 Å². The van der Waals surface area contributed by atoms with Gasteiger partial charge in [0.05, 0.1) is 0 Å². The second kappa shape index (κ2) is 7.45. The molecule has 0 bridgehead atoms. The summed E-state index contributed by atoms with van der Waals surface area (Å²) in [6.07, 6.45) is 1.82. The molecule has 24 heavy (non-hydrogen) atoms. The normalized spacial score (nSPS) is 16.8. The molecule has 0 radical (unpaired) electrons. The summed E-state index contributed by atoms with van der Waals surface area (Å²) in [4.78, 5) is 14.0. The monoisotopic (exact) mass is 327 g/mol. The Hall–Kier alpha value is -2.40. The zero-order valence-electron chi connectivity index (χ0n) is 13.5. The van der Waals surface area contributed by atoms with E-state index < -0.39 is 6.04 Å². The third kappa shape index (κ3) is 3.92. The van der Waals surface area contributed by atoms with Crippen LogP contribution in [-0.4, -0.2) is 25.0 Å². The maximum Gasteiger partial charge on any atom is 0.239 e. The van der Waals surface area contributed by atoms with Crippen LogP contribution < -0.4 is 16.0 Å². The van der Waals surface area contributed by atoms with Crippen molar-refractivity contribution in [2.24, 2.45) is 5.73 Å². The Morgan fingerprint density at radius 2 is 1.71 bits per heavy atom. The first-order chi connectivity index (χ1) is 11.6. The van der Waals surface area contributed by atoms with E-state index >= 15 is 0 Å².